The number of aliphatic hydroxyl groups is 2. The Hall–Kier alpha value is -1.20. The molecule has 0 amide bonds. The lowest BCUT2D eigenvalue weighted by molar-refractivity contribution is -0.237. The molecule has 0 aromatic rings. The van der Waals surface area contributed by atoms with Crippen molar-refractivity contribution in [2.75, 3.05) is 0 Å². The zero-order valence-corrected chi connectivity index (χ0v) is 22.7. The van der Waals surface area contributed by atoms with E-state index in [9.17, 15) is 24.9 Å². The van der Waals surface area contributed by atoms with Crippen molar-refractivity contribution < 1.29 is 24.9 Å². The van der Waals surface area contributed by atoms with Gasteiger partial charge in [0.15, 0.2) is 0 Å². The molecule has 196 valence electrons. The van der Waals surface area contributed by atoms with Gasteiger partial charge in [-0.15, -0.1) is 0 Å². The number of ketones is 1. The molecule has 0 aromatic heterocycles. The van der Waals surface area contributed by atoms with Gasteiger partial charge in [0.2, 0.25) is 0 Å². The van der Waals surface area contributed by atoms with E-state index in [1.165, 1.54) is 5.57 Å². The second kappa shape index (κ2) is 7.43. The predicted octanol–water partition coefficient (Wildman–Crippen LogP) is 5.24. The van der Waals surface area contributed by atoms with Crippen LogP contribution in [0.1, 0.15) is 93.4 Å². The molecule has 0 unspecified atom stereocenters. The van der Waals surface area contributed by atoms with Crippen molar-refractivity contribution in [1.29, 1.82) is 0 Å². The molecule has 0 heterocycles. The van der Waals surface area contributed by atoms with Crippen molar-refractivity contribution in [3.05, 3.63) is 11.6 Å². The maximum Gasteiger partial charge on any atom is 0.310 e. The topological polar surface area (TPSA) is 94.8 Å². The van der Waals surface area contributed by atoms with Crippen LogP contribution in [0.3, 0.4) is 0 Å². The Morgan fingerprint density at radius 1 is 0.971 bits per heavy atom. The van der Waals surface area contributed by atoms with Crippen molar-refractivity contribution >= 4 is 11.8 Å². The molecule has 4 saturated carbocycles. The first-order valence-electron chi connectivity index (χ1n) is 13.9. The molecule has 0 radical (unpaired) electrons. The van der Waals surface area contributed by atoms with Crippen LogP contribution < -0.4 is 0 Å². The second-order valence-corrected chi connectivity index (χ2v) is 14.5. The van der Waals surface area contributed by atoms with Crippen LogP contribution in [0, 0.1) is 56.7 Å². The van der Waals surface area contributed by atoms with Crippen LogP contribution in [0.5, 0.6) is 0 Å². The Balaban J connectivity index is 1.69. The highest BCUT2D eigenvalue weighted by Gasteiger charge is 2.72. The molecule has 0 spiro atoms. The average molecular weight is 487 g/mol. The van der Waals surface area contributed by atoms with E-state index in [0.29, 0.717) is 18.8 Å². The number of hydrogen-bond acceptors (Lipinski definition) is 4. The number of carbonyl (C=O) groups excluding carboxylic acids is 1. The van der Waals surface area contributed by atoms with Crippen LogP contribution >= 0.6 is 0 Å². The summed E-state index contributed by atoms with van der Waals surface area (Å²) in [6.45, 7) is 15.3. The summed E-state index contributed by atoms with van der Waals surface area (Å²) in [6, 6.07) is 0. The molecule has 5 nitrogen and oxygen atoms in total. The zero-order valence-electron chi connectivity index (χ0n) is 22.7. The number of allylic oxidation sites excluding steroid dienone is 1. The number of fused-ring (bicyclic) bond motifs is 7. The number of carboxylic acid groups (broad SMARTS) is 1. The van der Waals surface area contributed by atoms with E-state index in [1.807, 2.05) is 19.9 Å². The van der Waals surface area contributed by atoms with Gasteiger partial charge in [-0.05, 0) is 73.0 Å². The van der Waals surface area contributed by atoms with Crippen molar-refractivity contribution in [3.63, 3.8) is 0 Å². The Morgan fingerprint density at radius 3 is 2.26 bits per heavy atom. The SMILES string of the molecule is C[C@H]1[C@H](C)CC[C@]2(C(=O)O)CC[C@]3(C)C(=C[C@@H](O)[C@@H]4[C@@]5(C)[C@H](O)CC(=O)C(C)(C)[C@@H]5CC[C@]43C)[C@H]12. The largest absolute Gasteiger partial charge is 0.481 e. The maximum absolute atomic E-state index is 13.0. The molecular weight excluding hydrogens is 440 g/mol. The average Bonchev–Trinajstić information content (AvgIpc) is 2.76. The van der Waals surface area contributed by atoms with Gasteiger partial charge in [0.25, 0.3) is 0 Å². The molecule has 3 N–H and O–H groups in total. The summed E-state index contributed by atoms with van der Waals surface area (Å²) >= 11 is 0. The molecule has 4 fully saturated rings. The Morgan fingerprint density at radius 2 is 1.63 bits per heavy atom. The first-order valence-corrected chi connectivity index (χ1v) is 13.9. The second-order valence-electron chi connectivity index (χ2n) is 14.5. The highest BCUT2D eigenvalue weighted by Crippen LogP contribution is 2.75. The van der Waals surface area contributed by atoms with Crippen LogP contribution in [-0.4, -0.2) is 39.3 Å². The van der Waals surface area contributed by atoms with Gasteiger partial charge in [0, 0.05) is 23.2 Å². The molecule has 5 heteroatoms. The fraction of sp³-hybridized carbons (Fsp3) is 0.867. The quantitative estimate of drug-likeness (QED) is 0.441. The summed E-state index contributed by atoms with van der Waals surface area (Å²) in [6.07, 6.45) is 5.47. The molecule has 0 aliphatic heterocycles. The zero-order chi connectivity index (χ0) is 25.9. The molecule has 5 rings (SSSR count). The molecule has 35 heavy (non-hydrogen) atoms. The van der Waals surface area contributed by atoms with Gasteiger partial charge in [-0.2, -0.15) is 0 Å². The first kappa shape index (κ1) is 25.4. The van der Waals surface area contributed by atoms with Gasteiger partial charge in [-0.1, -0.05) is 60.1 Å². The van der Waals surface area contributed by atoms with Crippen LogP contribution in [0.2, 0.25) is 0 Å². The first-order chi connectivity index (χ1) is 16.1. The van der Waals surface area contributed by atoms with Crippen molar-refractivity contribution in [1.82, 2.24) is 0 Å². The highest BCUT2D eigenvalue weighted by molar-refractivity contribution is 5.86. The fourth-order valence-electron chi connectivity index (χ4n) is 10.7. The predicted molar refractivity (Wildman–Crippen MR) is 134 cm³/mol. The standard InChI is InChI=1S/C30H46O5/c1-16-8-11-30(25(34)35)13-12-27(5)18(23(30)17(16)2)14-19(31)24-28(27,6)10-9-20-26(3,4)21(32)15-22(33)29(20,24)7/h14,16-17,19-20,22-24,31,33H,8-13,15H2,1-7H3,(H,34,35)/t16-,17+,19-,20+,22-,23+,24+,27-,28-,29-,30+/m1/s1. The highest BCUT2D eigenvalue weighted by atomic mass is 16.4. The summed E-state index contributed by atoms with van der Waals surface area (Å²) in [4.78, 5) is 25.8. The normalized spacial score (nSPS) is 55.1. The van der Waals surface area contributed by atoms with E-state index < -0.39 is 34.4 Å². The molecule has 0 aromatic carbocycles. The minimum Gasteiger partial charge on any atom is -0.481 e. The van der Waals surface area contributed by atoms with E-state index >= 15 is 0 Å². The number of carbonyl (C=O) groups is 2. The minimum absolute atomic E-state index is 0.00727. The third-order valence-electron chi connectivity index (χ3n) is 13.2. The molecule has 11 atom stereocenters. The van der Waals surface area contributed by atoms with Gasteiger partial charge < -0.3 is 15.3 Å². The lowest BCUT2D eigenvalue weighted by Crippen LogP contribution is -2.70. The van der Waals surface area contributed by atoms with E-state index in [2.05, 4.69) is 34.6 Å². The van der Waals surface area contributed by atoms with Gasteiger partial charge >= 0.3 is 5.97 Å². The third kappa shape index (κ3) is 2.83. The third-order valence-corrected chi connectivity index (χ3v) is 13.2. The van der Waals surface area contributed by atoms with Crippen molar-refractivity contribution in [3.8, 4) is 0 Å². The lowest BCUT2D eigenvalue weighted by Gasteiger charge is -2.72. The molecule has 0 saturated heterocycles. The van der Waals surface area contributed by atoms with Crippen molar-refractivity contribution in [2.24, 2.45) is 56.7 Å². The summed E-state index contributed by atoms with van der Waals surface area (Å²) < 4.78 is 0. The van der Waals surface area contributed by atoms with E-state index in [4.69, 9.17) is 0 Å². The Bertz CT molecular complexity index is 983. The summed E-state index contributed by atoms with van der Waals surface area (Å²) in [5.41, 5.74) is -1.23. The number of carboxylic acids is 1. The summed E-state index contributed by atoms with van der Waals surface area (Å²) in [5, 5.41) is 33.9. The van der Waals surface area contributed by atoms with Gasteiger partial charge in [-0.3, -0.25) is 9.59 Å². The van der Waals surface area contributed by atoms with Crippen LogP contribution in [0.25, 0.3) is 0 Å². The number of aliphatic hydroxyl groups excluding tert-OH is 2. The molecule has 5 aliphatic rings. The van der Waals surface area contributed by atoms with E-state index in [-0.39, 0.29) is 46.7 Å². The fourth-order valence-corrected chi connectivity index (χ4v) is 10.7. The van der Waals surface area contributed by atoms with Gasteiger partial charge in [-0.25, -0.2) is 0 Å². The molecule has 5 aliphatic carbocycles. The van der Waals surface area contributed by atoms with Crippen LogP contribution in [-0.2, 0) is 9.59 Å². The number of aliphatic carboxylic acids is 1. The molecular formula is C30H46O5. The molecule has 0 bridgehead atoms. The Labute approximate surface area is 210 Å². The summed E-state index contributed by atoms with van der Waals surface area (Å²) in [5.74, 6) is -0.121. The number of hydrogen-bond donors (Lipinski definition) is 3. The van der Waals surface area contributed by atoms with E-state index in [0.717, 1.165) is 25.7 Å². The van der Waals surface area contributed by atoms with E-state index in [1.54, 1.807) is 0 Å². The lowest BCUT2D eigenvalue weighted by atomic mass is 9.32. The Kier molecular flexibility index (Phi) is 5.40. The smallest absolute Gasteiger partial charge is 0.310 e. The van der Waals surface area contributed by atoms with Gasteiger partial charge in [0.1, 0.15) is 5.78 Å². The van der Waals surface area contributed by atoms with Gasteiger partial charge in [0.05, 0.1) is 17.6 Å². The number of rotatable bonds is 1. The van der Waals surface area contributed by atoms with Crippen LogP contribution in [0.15, 0.2) is 11.6 Å². The maximum atomic E-state index is 13.0. The minimum atomic E-state index is -0.777. The monoisotopic (exact) mass is 486 g/mol. The summed E-state index contributed by atoms with van der Waals surface area (Å²) in [7, 11) is 0. The van der Waals surface area contributed by atoms with Crippen molar-refractivity contribution in [2.45, 2.75) is 106 Å². The van der Waals surface area contributed by atoms with Crippen LogP contribution in [0.4, 0.5) is 0 Å². The number of Topliss-reactive ketones (excluding diaryl/α,β-unsaturated/α-hetero) is 1.